The number of nitrogens with one attached hydrogen (secondary N) is 1. The molecular formula is C32H42Cl2FN3O2Si. The minimum absolute atomic E-state index is 0.0163. The Labute approximate surface area is 255 Å². The van der Waals surface area contributed by atoms with Gasteiger partial charge in [0, 0.05) is 47.4 Å². The largest absolute Gasteiger partial charge is 0.413 e. The molecule has 222 valence electrons. The van der Waals surface area contributed by atoms with Crippen molar-refractivity contribution in [2.24, 2.45) is 5.92 Å². The zero-order chi connectivity index (χ0) is 30.1. The topological polar surface area (TPSA) is 65.4 Å². The average Bonchev–Trinajstić information content (AvgIpc) is 3.34. The number of rotatable bonds is 9. The molecule has 1 amide bonds. The van der Waals surface area contributed by atoms with Gasteiger partial charge in [-0.3, -0.25) is 9.69 Å². The van der Waals surface area contributed by atoms with Gasteiger partial charge < -0.3 is 9.74 Å². The molecule has 0 aromatic heterocycles. The Hall–Kier alpha value is -1.95. The zero-order valence-corrected chi connectivity index (χ0v) is 27.5. The van der Waals surface area contributed by atoms with E-state index in [9.17, 15) is 9.18 Å². The van der Waals surface area contributed by atoms with Crippen LogP contribution in [0.2, 0.25) is 26.7 Å². The second-order valence-corrected chi connectivity index (χ2v) is 18.7. The van der Waals surface area contributed by atoms with Crippen LogP contribution in [-0.4, -0.2) is 44.9 Å². The van der Waals surface area contributed by atoms with Crippen molar-refractivity contribution in [1.82, 2.24) is 10.2 Å². The first-order valence-corrected chi connectivity index (χ1v) is 17.7. The zero-order valence-electron chi connectivity index (χ0n) is 24.9. The SMILES string of the molecule is CC(C)[Si](OC1CCN(C(c2c(Cl)cc(-c3ccc(C#N)c(F)c3)cc2Cl)C2CCNC2=O)CC1)(C(C)C)C(C)C. The fraction of sp³-hybridized carbons (Fsp3) is 0.562. The number of carbonyl (C=O) groups excluding carboxylic acids is 1. The number of hydrogen-bond donors (Lipinski definition) is 1. The van der Waals surface area contributed by atoms with Crippen molar-refractivity contribution in [1.29, 1.82) is 5.26 Å². The Bertz CT molecular complexity index is 1260. The van der Waals surface area contributed by atoms with Crippen molar-refractivity contribution in [3.8, 4) is 17.2 Å². The van der Waals surface area contributed by atoms with Gasteiger partial charge in [-0.2, -0.15) is 5.26 Å². The third kappa shape index (κ3) is 6.38. The van der Waals surface area contributed by atoms with Gasteiger partial charge in [-0.25, -0.2) is 4.39 Å². The minimum atomic E-state index is -2.00. The molecule has 0 spiro atoms. The summed E-state index contributed by atoms with van der Waals surface area (Å²) in [6.07, 6.45) is 2.69. The van der Waals surface area contributed by atoms with E-state index < -0.39 is 14.1 Å². The van der Waals surface area contributed by atoms with Crippen LogP contribution in [0.15, 0.2) is 30.3 Å². The summed E-state index contributed by atoms with van der Waals surface area (Å²) in [5.41, 5.74) is 3.54. The molecule has 2 heterocycles. The van der Waals surface area contributed by atoms with Crippen molar-refractivity contribution in [2.45, 2.75) is 89.6 Å². The Kier molecular flexibility index (Phi) is 10.2. The van der Waals surface area contributed by atoms with Crippen LogP contribution in [0.25, 0.3) is 11.1 Å². The van der Waals surface area contributed by atoms with Crippen molar-refractivity contribution in [2.75, 3.05) is 19.6 Å². The van der Waals surface area contributed by atoms with Crippen LogP contribution in [0.1, 0.15) is 78.0 Å². The van der Waals surface area contributed by atoms with E-state index in [1.807, 2.05) is 6.07 Å². The van der Waals surface area contributed by atoms with Crippen LogP contribution in [-0.2, 0) is 9.22 Å². The van der Waals surface area contributed by atoms with Gasteiger partial charge in [0.1, 0.15) is 11.9 Å². The Balaban J connectivity index is 1.62. The first kappa shape index (κ1) is 32.0. The summed E-state index contributed by atoms with van der Waals surface area (Å²) in [7, 11) is -2.00. The lowest BCUT2D eigenvalue weighted by molar-refractivity contribution is -0.124. The first-order chi connectivity index (χ1) is 19.4. The highest BCUT2D eigenvalue weighted by Gasteiger charge is 2.47. The Morgan fingerprint density at radius 3 is 2.02 bits per heavy atom. The molecule has 2 saturated heterocycles. The van der Waals surface area contributed by atoms with Gasteiger partial charge in [0.15, 0.2) is 0 Å². The summed E-state index contributed by atoms with van der Waals surface area (Å²) in [6, 6.07) is 9.60. The van der Waals surface area contributed by atoms with Gasteiger partial charge >= 0.3 is 0 Å². The molecule has 2 unspecified atom stereocenters. The molecule has 0 bridgehead atoms. The standard InChI is InChI=1S/C32H42Cl2FN3O2Si/c1-19(2)41(20(3)4,21(5)6)40-25-10-13-38(14-11-25)31(26-9-12-37-32(26)39)30-27(33)15-24(16-28(30)34)22-7-8-23(18-36)29(35)17-22/h7-8,15-17,19-21,25-26,31H,9-14H2,1-6H3,(H,37,39). The Morgan fingerprint density at radius 2 is 1.56 bits per heavy atom. The summed E-state index contributed by atoms with van der Waals surface area (Å²) < 4.78 is 21.5. The highest BCUT2D eigenvalue weighted by Crippen LogP contribution is 2.46. The van der Waals surface area contributed by atoms with Crippen molar-refractivity contribution < 1.29 is 13.6 Å². The maximum absolute atomic E-state index is 14.4. The number of carbonyl (C=O) groups is 1. The molecule has 2 atom stereocenters. The molecule has 2 fully saturated rings. The highest BCUT2D eigenvalue weighted by atomic mass is 35.5. The van der Waals surface area contributed by atoms with Crippen LogP contribution in [0.4, 0.5) is 4.39 Å². The third-order valence-electron chi connectivity index (χ3n) is 9.22. The van der Waals surface area contributed by atoms with Crippen molar-refractivity contribution in [3.05, 3.63) is 57.3 Å². The molecule has 0 radical (unpaired) electrons. The highest BCUT2D eigenvalue weighted by molar-refractivity contribution is 6.77. The van der Waals surface area contributed by atoms with E-state index in [1.54, 1.807) is 18.2 Å². The molecular weight excluding hydrogens is 576 g/mol. The lowest BCUT2D eigenvalue weighted by atomic mass is 9.87. The van der Waals surface area contributed by atoms with Crippen LogP contribution in [0.5, 0.6) is 0 Å². The monoisotopic (exact) mass is 617 g/mol. The molecule has 2 aliphatic rings. The van der Waals surface area contributed by atoms with E-state index in [2.05, 4.69) is 51.8 Å². The molecule has 2 aliphatic heterocycles. The molecule has 2 aromatic carbocycles. The van der Waals surface area contributed by atoms with E-state index in [1.165, 1.54) is 12.1 Å². The van der Waals surface area contributed by atoms with E-state index in [-0.39, 0.29) is 29.5 Å². The van der Waals surface area contributed by atoms with Gasteiger partial charge in [-0.1, -0.05) is 70.8 Å². The Morgan fingerprint density at radius 1 is 0.976 bits per heavy atom. The van der Waals surface area contributed by atoms with Gasteiger partial charge in [-0.05, 0) is 71.3 Å². The normalized spacial score (nSPS) is 19.7. The summed E-state index contributed by atoms with van der Waals surface area (Å²) in [5, 5.41) is 13.0. The van der Waals surface area contributed by atoms with Gasteiger partial charge in [0.25, 0.3) is 0 Å². The fourth-order valence-electron chi connectivity index (χ4n) is 7.34. The van der Waals surface area contributed by atoms with Gasteiger partial charge in [0.2, 0.25) is 14.2 Å². The second kappa shape index (κ2) is 13.1. The van der Waals surface area contributed by atoms with Gasteiger partial charge in [-0.15, -0.1) is 0 Å². The maximum Gasteiger partial charge on any atom is 0.225 e. The molecule has 2 aromatic rings. The van der Waals surface area contributed by atoms with Crippen LogP contribution in [0, 0.1) is 23.1 Å². The fourth-order valence-corrected chi connectivity index (χ4v) is 13.7. The number of hydrogen-bond acceptors (Lipinski definition) is 4. The number of halogens is 3. The smallest absolute Gasteiger partial charge is 0.225 e. The van der Waals surface area contributed by atoms with Crippen LogP contribution < -0.4 is 5.32 Å². The first-order valence-electron chi connectivity index (χ1n) is 14.8. The molecule has 9 heteroatoms. The lowest BCUT2D eigenvalue weighted by Gasteiger charge is -2.47. The maximum atomic E-state index is 14.4. The number of nitrogens with zero attached hydrogens (tertiary/aromatic N) is 2. The van der Waals surface area contributed by atoms with E-state index in [0.717, 1.165) is 31.5 Å². The van der Waals surface area contributed by atoms with Crippen molar-refractivity contribution >= 4 is 37.4 Å². The molecule has 0 saturated carbocycles. The van der Waals surface area contributed by atoms with E-state index in [0.29, 0.717) is 50.8 Å². The molecule has 0 aliphatic carbocycles. The number of amides is 1. The molecule has 41 heavy (non-hydrogen) atoms. The summed E-state index contributed by atoms with van der Waals surface area (Å²) in [6.45, 7) is 16.1. The quantitative estimate of drug-likeness (QED) is 0.286. The number of piperidine rings is 1. The number of nitriles is 1. The predicted molar refractivity (Wildman–Crippen MR) is 167 cm³/mol. The van der Waals surface area contributed by atoms with Crippen molar-refractivity contribution in [3.63, 3.8) is 0 Å². The third-order valence-corrected chi connectivity index (χ3v) is 16.0. The molecule has 5 nitrogen and oxygen atoms in total. The number of benzene rings is 2. The minimum Gasteiger partial charge on any atom is -0.413 e. The van der Waals surface area contributed by atoms with Gasteiger partial charge in [0.05, 0.1) is 11.5 Å². The number of likely N-dealkylation sites (tertiary alicyclic amines) is 1. The summed E-state index contributed by atoms with van der Waals surface area (Å²) in [4.78, 5) is 15.4. The van der Waals surface area contributed by atoms with Crippen LogP contribution >= 0.6 is 23.2 Å². The lowest BCUT2D eigenvalue weighted by Crippen LogP contribution is -2.52. The van der Waals surface area contributed by atoms with E-state index in [4.69, 9.17) is 32.9 Å². The second-order valence-electron chi connectivity index (χ2n) is 12.5. The molecule has 4 rings (SSSR count). The summed E-state index contributed by atoms with van der Waals surface area (Å²) >= 11 is 13.9. The van der Waals surface area contributed by atoms with E-state index >= 15 is 0 Å². The average molecular weight is 619 g/mol. The van der Waals surface area contributed by atoms with Crippen LogP contribution in [0.3, 0.4) is 0 Å². The predicted octanol–water partition coefficient (Wildman–Crippen LogP) is 8.50. The molecule has 1 N–H and O–H groups in total. The summed E-state index contributed by atoms with van der Waals surface area (Å²) in [5.74, 6) is -0.841.